The number of aromatic amines is 1. The number of aryl methyl sites for hydroxylation is 1. The minimum Gasteiger partial charge on any atom is -0.382 e. The van der Waals surface area contributed by atoms with E-state index in [2.05, 4.69) is 16.3 Å². The fraction of sp³-hybridized carbons (Fsp3) is 0.333. The second-order valence-corrected chi connectivity index (χ2v) is 3.05. The third kappa shape index (κ3) is 2.34. The summed E-state index contributed by atoms with van der Waals surface area (Å²) in [5.74, 6) is 0. The molecule has 68 valence electrons. The first-order valence-corrected chi connectivity index (χ1v) is 3.94. The van der Waals surface area contributed by atoms with Crippen LogP contribution in [-0.4, -0.2) is 29.2 Å². The average Bonchev–Trinajstić information content (AvgIpc) is 2.47. The van der Waals surface area contributed by atoms with Crippen LogP contribution in [0.4, 0.5) is 0 Å². The van der Waals surface area contributed by atoms with E-state index in [4.69, 9.17) is 5.26 Å². The molecule has 0 radical (unpaired) electrons. The van der Waals surface area contributed by atoms with Crippen molar-refractivity contribution in [2.24, 2.45) is 0 Å². The van der Waals surface area contributed by atoms with Crippen LogP contribution in [0.3, 0.4) is 0 Å². The topological polar surface area (TPSA) is 55.7 Å². The lowest BCUT2D eigenvalue weighted by Gasteiger charge is -2.03. The third-order valence-electron chi connectivity index (χ3n) is 1.49. The molecule has 0 fully saturated rings. The molecule has 0 aliphatic heterocycles. The molecule has 4 nitrogen and oxygen atoms in total. The number of H-pyrrole nitrogens is 1. The van der Waals surface area contributed by atoms with Crippen LogP contribution >= 0.6 is 0 Å². The van der Waals surface area contributed by atoms with E-state index in [0.29, 0.717) is 11.3 Å². The lowest BCUT2D eigenvalue weighted by Crippen LogP contribution is -2.02. The van der Waals surface area contributed by atoms with E-state index in [1.54, 1.807) is 6.20 Å². The number of nitrogens with zero attached hydrogens (tertiary/aromatic N) is 3. The predicted octanol–water partition coefficient (Wildman–Crippen LogP) is 1.14. The molecule has 0 unspecified atom stereocenters. The summed E-state index contributed by atoms with van der Waals surface area (Å²) in [6.45, 7) is 1.90. The van der Waals surface area contributed by atoms with Crippen LogP contribution in [0.5, 0.6) is 0 Å². The van der Waals surface area contributed by atoms with Crippen LogP contribution in [-0.2, 0) is 0 Å². The van der Waals surface area contributed by atoms with Crippen molar-refractivity contribution in [2.45, 2.75) is 6.92 Å². The van der Waals surface area contributed by atoms with E-state index < -0.39 is 0 Å². The van der Waals surface area contributed by atoms with Gasteiger partial charge >= 0.3 is 0 Å². The first-order valence-electron chi connectivity index (χ1n) is 3.94. The minimum atomic E-state index is 0.564. The van der Waals surface area contributed by atoms with Crippen molar-refractivity contribution in [3.63, 3.8) is 0 Å². The maximum absolute atomic E-state index is 8.84. The first-order chi connectivity index (χ1) is 6.13. The van der Waals surface area contributed by atoms with E-state index in [1.807, 2.05) is 32.0 Å². The molecule has 4 heteroatoms. The van der Waals surface area contributed by atoms with Crippen molar-refractivity contribution in [3.05, 3.63) is 23.7 Å². The van der Waals surface area contributed by atoms with Crippen molar-refractivity contribution in [3.8, 4) is 6.07 Å². The summed E-state index contributed by atoms with van der Waals surface area (Å²) in [4.78, 5) is 1.82. The van der Waals surface area contributed by atoms with Gasteiger partial charge in [0.25, 0.3) is 0 Å². The highest BCUT2D eigenvalue weighted by molar-refractivity contribution is 5.74. The van der Waals surface area contributed by atoms with E-state index in [9.17, 15) is 0 Å². The van der Waals surface area contributed by atoms with Crippen molar-refractivity contribution < 1.29 is 0 Å². The molecule has 0 aromatic carbocycles. The summed E-state index contributed by atoms with van der Waals surface area (Å²) in [5, 5.41) is 15.6. The maximum atomic E-state index is 8.84. The van der Waals surface area contributed by atoms with Crippen molar-refractivity contribution >= 4 is 5.57 Å². The number of allylic oxidation sites excluding steroid dienone is 1. The highest BCUT2D eigenvalue weighted by Crippen LogP contribution is 2.11. The molecule has 1 rings (SSSR count). The van der Waals surface area contributed by atoms with Gasteiger partial charge < -0.3 is 4.90 Å². The van der Waals surface area contributed by atoms with Gasteiger partial charge in [-0.1, -0.05) is 0 Å². The molecule has 0 amide bonds. The molecule has 13 heavy (non-hydrogen) atoms. The van der Waals surface area contributed by atoms with E-state index in [0.717, 1.165) is 5.69 Å². The van der Waals surface area contributed by atoms with Gasteiger partial charge in [0.15, 0.2) is 0 Å². The number of nitrogens with one attached hydrogen (secondary N) is 1. The Morgan fingerprint density at radius 2 is 2.38 bits per heavy atom. The van der Waals surface area contributed by atoms with Gasteiger partial charge in [-0.15, -0.1) is 0 Å². The summed E-state index contributed by atoms with van der Waals surface area (Å²) in [5.41, 5.74) is 2.21. The summed E-state index contributed by atoms with van der Waals surface area (Å²) in [6.07, 6.45) is 1.75. The van der Waals surface area contributed by atoms with Gasteiger partial charge in [0.05, 0.1) is 5.57 Å². The van der Waals surface area contributed by atoms with Gasteiger partial charge in [-0.25, -0.2) is 0 Å². The van der Waals surface area contributed by atoms with E-state index >= 15 is 0 Å². The Kier molecular flexibility index (Phi) is 2.70. The molecular formula is C9H12N4. The van der Waals surface area contributed by atoms with Crippen LogP contribution in [0.25, 0.3) is 5.57 Å². The van der Waals surface area contributed by atoms with Crippen LogP contribution in [0.2, 0.25) is 0 Å². The highest BCUT2D eigenvalue weighted by Gasteiger charge is 2.04. The normalized spacial score (nSPS) is 11.1. The summed E-state index contributed by atoms with van der Waals surface area (Å²) in [6, 6.07) is 3.95. The zero-order valence-corrected chi connectivity index (χ0v) is 8.00. The molecular weight excluding hydrogens is 164 g/mol. The molecule has 0 aliphatic rings. The molecule has 0 saturated carbocycles. The summed E-state index contributed by atoms with van der Waals surface area (Å²) < 4.78 is 0. The highest BCUT2D eigenvalue weighted by atomic mass is 15.1. The molecule has 1 aromatic rings. The van der Waals surface area contributed by atoms with Crippen molar-refractivity contribution in [1.82, 2.24) is 15.1 Å². The molecule has 0 aliphatic carbocycles. The SMILES string of the molecule is Cc1cc(C(C#N)=CN(C)C)n[nH]1. The second-order valence-electron chi connectivity index (χ2n) is 3.05. The first kappa shape index (κ1) is 9.33. The van der Waals surface area contributed by atoms with Crippen LogP contribution in [0.15, 0.2) is 12.3 Å². The Bertz CT molecular complexity index is 354. The fourth-order valence-electron chi connectivity index (χ4n) is 0.966. The van der Waals surface area contributed by atoms with Crippen molar-refractivity contribution in [1.29, 1.82) is 5.26 Å². The predicted molar refractivity (Wildman–Crippen MR) is 50.6 cm³/mol. The maximum Gasteiger partial charge on any atom is 0.104 e. The molecule has 0 saturated heterocycles. The smallest absolute Gasteiger partial charge is 0.104 e. The Balaban J connectivity index is 2.99. The molecule has 0 bridgehead atoms. The molecule has 0 spiro atoms. The van der Waals surface area contributed by atoms with Gasteiger partial charge in [-0.3, -0.25) is 5.10 Å². The Morgan fingerprint density at radius 1 is 1.69 bits per heavy atom. The number of hydrogen-bond donors (Lipinski definition) is 1. The van der Waals surface area contributed by atoms with Gasteiger partial charge in [0.2, 0.25) is 0 Å². The molecule has 1 heterocycles. The molecule has 1 aromatic heterocycles. The van der Waals surface area contributed by atoms with Gasteiger partial charge in [0.1, 0.15) is 11.8 Å². The molecule has 1 N–H and O–H groups in total. The lowest BCUT2D eigenvalue weighted by molar-refractivity contribution is 0.566. The van der Waals surface area contributed by atoms with Crippen LogP contribution in [0, 0.1) is 18.3 Å². The second kappa shape index (κ2) is 3.76. The lowest BCUT2D eigenvalue weighted by atomic mass is 10.2. The third-order valence-corrected chi connectivity index (χ3v) is 1.49. The average molecular weight is 176 g/mol. The largest absolute Gasteiger partial charge is 0.382 e. The Morgan fingerprint density at radius 3 is 2.77 bits per heavy atom. The summed E-state index contributed by atoms with van der Waals surface area (Å²) in [7, 11) is 3.74. The zero-order valence-electron chi connectivity index (χ0n) is 8.00. The number of aromatic nitrogens is 2. The van der Waals surface area contributed by atoms with Gasteiger partial charge in [-0.2, -0.15) is 10.4 Å². The zero-order chi connectivity index (χ0) is 9.84. The van der Waals surface area contributed by atoms with E-state index in [1.165, 1.54) is 0 Å². The number of rotatable bonds is 2. The van der Waals surface area contributed by atoms with Crippen LogP contribution in [0.1, 0.15) is 11.4 Å². The Hall–Kier alpha value is -1.76. The number of nitriles is 1. The molecule has 0 atom stereocenters. The standard InChI is InChI=1S/C9H12N4/c1-7-4-9(12-11-7)8(5-10)6-13(2)3/h4,6H,1-3H3,(H,11,12). The van der Waals surface area contributed by atoms with E-state index in [-0.39, 0.29) is 0 Å². The number of hydrogen-bond acceptors (Lipinski definition) is 3. The van der Waals surface area contributed by atoms with Gasteiger partial charge in [0, 0.05) is 26.0 Å². The fourth-order valence-corrected chi connectivity index (χ4v) is 0.966. The van der Waals surface area contributed by atoms with Crippen molar-refractivity contribution in [2.75, 3.05) is 14.1 Å². The van der Waals surface area contributed by atoms with Gasteiger partial charge in [-0.05, 0) is 13.0 Å². The quantitative estimate of drug-likeness (QED) is 0.687. The monoisotopic (exact) mass is 176 g/mol. The Labute approximate surface area is 77.5 Å². The summed E-state index contributed by atoms with van der Waals surface area (Å²) >= 11 is 0. The minimum absolute atomic E-state index is 0.564. The van der Waals surface area contributed by atoms with Crippen LogP contribution < -0.4 is 0 Å².